The van der Waals surface area contributed by atoms with Crippen LogP contribution in [0, 0.1) is 0 Å². The van der Waals surface area contributed by atoms with Crippen molar-refractivity contribution in [2.24, 2.45) is 0 Å². The van der Waals surface area contributed by atoms with Crippen molar-refractivity contribution in [3.8, 4) is 0 Å². The van der Waals surface area contributed by atoms with E-state index in [-0.39, 0.29) is 22.5 Å². The first kappa shape index (κ1) is 22.2. The molecule has 0 radical (unpaired) electrons. The molecule has 0 atom stereocenters. The molecule has 31 heavy (non-hydrogen) atoms. The van der Waals surface area contributed by atoms with Crippen LogP contribution in [0.15, 0.2) is 30.6 Å². The summed E-state index contributed by atoms with van der Waals surface area (Å²) in [5.41, 5.74) is 0.789. The number of hydrogen-bond donors (Lipinski definition) is 4. The average Bonchev–Trinajstić information content (AvgIpc) is 3.11. The molecule has 0 spiro atoms. The van der Waals surface area contributed by atoms with Gasteiger partial charge in [0, 0.05) is 13.6 Å². The van der Waals surface area contributed by atoms with Gasteiger partial charge in [-0.05, 0) is 31.8 Å². The van der Waals surface area contributed by atoms with E-state index in [0.29, 0.717) is 12.0 Å². The number of carbonyl (C=O) groups excluding carboxylic acids is 2. The minimum absolute atomic E-state index is 0.0323. The second kappa shape index (κ2) is 8.70. The second-order valence-corrected chi connectivity index (χ2v) is 7.71. The summed E-state index contributed by atoms with van der Waals surface area (Å²) in [4.78, 5) is 33.3. The van der Waals surface area contributed by atoms with Crippen LogP contribution in [0.25, 0.3) is 11.0 Å². The summed E-state index contributed by atoms with van der Waals surface area (Å²) in [5.74, 6) is -0.222. The number of amides is 1. The molecule has 0 saturated heterocycles. The minimum atomic E-state index is -1.55. The molecule has 1 amide bonds. The van der Waals surface area contributed by atoms with Crippen molar-refractivity contribution in [2.45, 2.75) is 32.9 Å². The van der Waals surface area contributed by atoms with Gasteiger partial charge in [-0.15, -0.1) is 0 Å². The fourth-order valence-electron chi connectivity index (χ4n) is 2.78. The third-order valence-corrected chi connectivity index (χ3v) is 4.20. The van der Waals surface area contributed by atoms with Crippen LogP contribution in [0.4, 0.5) is 10.6 Å². The molecule has 0 aliphatic heterocycles. The van der Waals surface area contributed by atoms with Crippen molar-refractivity contribution in [3.05, 3.63) is 41.9 Å². The summed E-state index contributed by atoms with van der Waals surface area (Å²) >= 11 is 0. The zero-order valence-electron chi connectivity index (χ0n) is 17.6. The van der Waals surface area contributed by atoms with Gasteiger partial charge in [-0.25, -0.2) is 14.8 Å². The zero-order valence-corrected chi connectivity index (χ0v) is 17.6. The van der Waals surface area contributed by atoms with E-state index >= 15 is 0 Å². The highest BCUT2D eigenvalue weighted by molar-refractivity contribution is 6.58. The van der Waals surface area contributed by atoms with Gasteiger partial charge in [0.15, 0.2) is 11.5 Å². The van der Waals surface area contributed by atoms with Crippen molar-refractivity contribution in [2.75, 3.05) is 12.4 Å². The Kier molecular flexibility index (Phi) is 6.23. The molecule has 2 aromatic heterocycles. The molecule has 0 aliphatic carbocycles. The Labute approximate surface area is 178 Å². The normalized spacial score (nSPS) is 11.3. The Morgan fingerprint density at radius 1 is 1.16 bits per heavy atom. The van der Waals surface area contributed by atoms with Gasteiger partial charge in [0.1, 0.15) is 23.0 Å². The quantitative estimate of drug-likeness (QED) is 0.421. The Morgan fingerprint density at radius 3 is 2.42 bits per heavy atom. The SMILES string of the molecule is CNC(=O)c1nn(C(=O)OC(C)(C)C)c2c(NCc3ccc(B(O)O)cc3)ncnc12. The van der Waals surface area contributed by atoms with E-state index in [4.69, 9.17) is 4.74 Å². The second-order valence-electron chi connectivity index (χ2n) is 7.71. The van der Waals surface area contributed by atoms with E-state index in [2.05, 4.69) is 25.7 Å². The first-order valence-electron chi connectivity index (χ1n) is 9.48. The lowest BCUT2D eigenvalue weighted by atomic mass is 9.80. The Hall–Kier alpha value is -3.51. The average molecular weight is 426 g/mol. The molecular formula is C19H23BN6O5. The van der Waals surface area contributed by atoms with Gasteiger partial charge in [0.25, 0.3) is 5.91 Å². The van der Waals surface area contributed by atoms with Gasteiger partial charge in [-0.3, -0.25) is 4.79 Å². The molecule has 0 saturated carbocycles. The standard InChI is InChI=1S/C19H23BN6O5/c1-19(2,3)31-18(28)26-15-13(14(25-26)17(27)21-4)23-10-24-16(15)22-9-11-5-7-12(8-6-11)20(29)30/h5-8,10,29-30H,9H2,1-4H3,(H,21,27)(H,22,23,24). The fraction of sp³-hybridized carbons (Fsp3) is 0.316. The lowest BCUT2D eigenvalue weighted by Gasteiger charge is -2.19. The number of anilines is 1. The monoisotopic (exact) mass is 426 g/mol. The van der Waals surface area contributed by atoms with Crippen LogP contribution in [0.2, 0.25) is 0 Å². The Morgan fingerprint density at radius 2 is 1.84 bits per heavy atom. The van der Waals surface area contributed by atoms with Gasteiger partial charge >= 0.3 is 13.2 Å². The van der Waals surface area contributed by atoms with E-state index in [1.165, 1.54) is 13.4 Å². The molecule has 0 aliphatic rings. The molecule has 4 N–H and O–H groups in total. The summed E-state index contributed by atoms with van der Waals surface area (Å²) < 4.78 is 6.38. The first-order valence-corrected chi connectivity index (χ1v) is 9.48. The first-order chi connectivity index (χ1) is 14.6. The number of rotatable bonds is 5. The van der Waals surface area contributed by atoms with Gasteiger partial charge < -0.3 is 25.4 Å². The van der Waals surface area contributed by atoms with Crippen molar-refractivity contribution < 1.29 is 24.4 Å². The maximum Gasteiger partial charge on any atom is 0.488 e. The van der Waals surface area contributed by atoms with Gasteiger partial charge in [0.05, 0.1) is 0 Å². The molecule has 11 nitrogen and oxygen atoms in total. The van der Waals surface area contributed by atoms with Crippen molar-refractivity contribution in [3.63, 3.8) is 0 Å². The largest absolute Gasteiger partial charge is 0.488 e. The van der Waals surface area contributed by atoms with Crippen LogP contribution in [0.3, 0.4) is 0 Å². The molecule has 0 fully saturated rings. The lowest BCUT2D eigenvalue weighted by molar-refractivity contribution is 0.0522. The van der Waals surface area contributed by atoms with Crippen LogP contribution in [0.1, 0.15) is 36.8 Å². The van der Waals surface area contributed by atoms with Crippen LogP contribution in [-0.2, 0) is 11.3 Å². The van der Waals surface area contributed by atoms with Gasteiger partial charge in [0.2, 0.25) is 0 Å². The van der Waals surface area contributed by atoms with Crippen molar-refractivity contribution in [1.29, 1.82) is 0 Å². The fourth-order valence-corrected chi connectivity index (χ4v) is 2.78. The number of nitrogens with one attached hydrogen (secondary N) is 2. The predicted molar refractivity (Wildman–Crippen MR) is 114 cm³/mol. The van der Waals surface area contributed by atoms with E-state index in [9.17, 15) is 19.6 Å². The number of carbonyl (C=O) groups is 2. The summed E-state index contributed by atoms with van der Waals surface area (Å²) in [7, 11) is -0.0941. The maximum atomic E-state index is 12.7. The van der Waals surface area contributed by atoms with Crippen molar-refractivity contribution in [1.82, 2.24) is 25.1 Å². The molecule has 162 valence electrons. The molecule has 0 unspecified atom stereocenters. The number of hydrogen-bond acceptors (Lipinski definition) is 9. The van der Waals surface area contributed by atoms with E-state index in [0.717, 1.165) is 10.2 Å². The third-order valence-electron chi connectivity index (χ3n) is 4.20. The highest BCUT2D eigenvalue weighted by Crippen LogP contribution is 2.24. The molecule has 1 aromatic carbocycles. The number of nitrogens with zero attached hydrogens (tertiary/aromatic N) is 4. The number of fused-ring (bicyclic) bond motifs is 1. The number of benzene rings is 1. The van der Waals surface area contributed by atoms with Gasteiger partial charge in [-0.2, -0.15) is 9.78 Å². The summed E-state index contributed by atoms with van der Waals surface area (Å²) in [5, 5.41) is 28.1. The lowest BCUT2D eigenvalue weighted by Crippen LogP contribution is -2.29. The zero-order chi connectivity index (χ0) is 22.8. The number of ether oxygens (including phenoxy) is 1. The predicted octanol–water partition coefficient (Wildman–Crippen LogP) is 0.261. The Bertz CT molecular complexity index is 1110. The molecule has 3 aromatic rings. The third kappa shape index (κ3) is 4.98. The highest BCUT2D eigenvalue weighted by Gasteiger charge is 2.27. The van der Waals surface area contributed by atoms with Crippen molar-refractivity contribution >= 4 is 41.4 Å². The smallest absolute Gasteiger partial charge is 0.442 e. The Balaban J connectivity index is 1.99. The molecule has 0 bridgehead atoms. The van der Waals surface area contributed by atoms with Crippen LogP contribution in [0.5, 0.6) is 0 Å². The van der Waals surface area contributed by atoms with E-state index in [1.807, 2.05) is 0 Å². The molecule has 12 heteroatoms. The topological polar surface area (TPSA) is 151 Å². The summed E-state index contributed by atoms with van der Waals surface area (Å²) in [6.45, 7) is 5.47. The highest BCUT2D eigenvalue weighted by atomic mass is 16.6. The van der Waals surface area contributed by atoms with Crippen LogP contribution < -0.4 is 16.1 Å². The van der Waals surface area contributed by atoms with E-state index < -0.39 is 24.7 Å². The van der Waals surface area contributed by atoms with Crippen LogP contribution >= 0.6 is 0 Å². The summed E-state index contributed by atoms with van der Waals surface area (Å²) in [6.07, 6.45) is 0.496. The minimum Gasteiger partial charge on any atom is -0.442 e. The summed E-state index contributed by atoms with van der Waals surface area (Å²) in [6, 6.07) is 6.63. The van der Waals surface area contributed by atoms with Gasteiger partial charge in [-0.1, -0.05) is 24.3 Å². The maximum absolute atomic E-state index is 12.7. The van der Waals surface area contributed by atoms with Crippen LogP contribution in [-0.4, -0.2) is 61.6 Å². The van der Waals surface area contributed by atoms with E-state index in [1.54, 1.807) is 45.0 Å². The molecule has 3 rings (SSSR count). The molecule has 2 heterocycles. The number of aromatic nitrogens is 4. The molecular weight excluding hydrogens is 403 g/mol.